The van der Waals surface area contributed by atoms with Gasteiger partial charge in [0.2, 0.25) is 0 Å². The van der Waals surface area contributed by atoms with Crippen LogP contribution in [0.25, 0.3) is 11.4 Å². The Labute approximate surface area is 220 Å². The molecular formula is C27H31N5O6. The van der Waals surface area contributed by atoms with Gasteiger partial charge in [-0.3, -0.25) is 0 Å². The van der Waals surface area contributed by atoms with E-state index in [-0.39, 0.29) is 23.6 Å². The topological polar surface area (TPSA) is 143 Å². The number of carbonyl (C=O) groups is 3. The SMILES string of the molecule is CCOC(=O)c1nc(-c2ccc(NC(=O)Nc3ccc(C(=O)O)cc3)cc2)nc(N(CC)CC)c1OCC. The van der Waals surface area contributed by atoms with Gasteiger partial charge in [0, 0.05) is 30.0 Å². The second kappa shape index (κ2) is 13.0. The number of carboxylic acid groups (broad SMARTS) is 1. The van der Waals surface area contributed by atoms with E-state index in [9.17, 15) is 14.4 Å². The van der Waals surface area contributed by atoms with Crippen molar-refractivity contribution in [2.75, 3.05) is 41.8 Å². The van der Waals surface area contributed by atoms with Crippen LogP contribution in [0.4, 0.5) is 22.0 Å². The van der Waals surface area contributed by atoms with Crippen LogP contribution in [0.5, 0.6) is 5.75 Å². The van der Waals surface area contributed by atoms with Crippen LogP contribution in [0.1, 0.15) is 48.5 Å². The lowest BCUT2D eigenvalue weighted by atomic mass is 10.2. The van der Waals surface area contributed by atoms with Crippen LogP contribution >= 0.6 is 0 Å². The zero-order chi connectivity index (χ0) is 27.7. The molecule has 200 valence electrons. The summed E-state index contributed by atoms with van der Waals surface area (Å²) in [6.45, 7) is 9.32. The average Bonchev–Trinajstić information content (AvgIpc) is 2.91. The first-order chi connectivity index (χ1) is 18.3. The first-order valence-electron chi connectivity index (χ1n) is 12.3. The summed E-state index contributed by atoms with van der Waals surface area (Å²) in [6.07, 6.45) is 0. The number of anilines is 3. The molecule has 0 atom stereocenters. The number of esters is 1. The quantitative estimate of drug-likeness (QED) is 0.300. The van der Waals surface area contributed by atoms with Gasteiger partial charge in [-0.2, -0.15) is 0 Å². The Bertz CT molecular complexity index is 1270. The standard InChI is InChI=1S/C27H31N5O6/c1-5-32(6-2)24-22(37-7-3)21(26(35)38-8-4)30-23(31-24)17-9-13-19(14-10-17)28-27(36)29-20-15-11-18(12-16-20)25(33)34/h9-16H,5-8H2,1-4H3,(H,33,34)(H2,28,29,36). The zero-order valence-electron chi connectivity index (χ0n) is 21.8. The summed E-state index contributed by atoms with van der Waals surface area (Å²) < 4.78 is 11.0. The van der Waals surface area contributed by atoms with Crippen molar-refractivity contribution in [3.8, 4) is 17.1 Å². The van der Waals surface area contributed by atoms with Crippen molar-refractivity contribution in [3.63, 3.8) is 0 Å². The largest absolute Gasteiger partial charge is 0.488 e. The summed E-state index contributed by atoms with van der Waals surface area (Å²) in [5.41, 5.74) is 1.76. The van der Waals surface area contributed by atoms with Gasteiger partial charge in [-0.1, -0.05) is 0 Å². The number of ether oxygens (including phenoxy) is 2. The highest BCUT2D eigenvalue weighted by Gasteiger charge is 2.25. The molecule has 0 spiro atoms. The normalized spacial score (nSPS) is 10.4. The molecule has 38 heavy (non-hydrogen) atoms. The number of urea groups is 1. The molecule has 0 aliphatic heterocycles. The van der Waals surface area contributed by atoms with E-state index in [0.717, 1.165) is 0 Å². The van der Waals surface area contributed by atoms with Crippen molar-refractivity contribution in [2.24, 2.45) is 0 Å². The van der Waals surface area contributed by atoms with Gasteiger partial charge in [0.25, 0.3) is 0 Å². The van der Waals surface area contributed by atoms with Gasteiger partial charge in [0.05, 0.1) is 18.8 Å². The van der Waals surface area contributed by atoms with Gasteiger partial charge in [-0.15, -0.1) is 0 Å². The van der Waals surface area contributed by atoms with Gasteiger partial charge in [-0.05, 0) is 76.2 Å². The van der Waals surface area contributed by atoms with E-state index in [4.69, 9.17) is 19.6 Å². The van der Waals surface area contributed by atoms with E-state index < -0.39 is 18.0 Å². The van der Waals surface area contributed by atoms with E-state index in [2.05, 4.69) is 15.6 Å². The maximum atomic E-state index is 12.8. The van der Waals surface area contributed by atoms with Crippen LogP contribution in [0.2, 0.25) is 0 Å². The third-order valence-electron chi connectivity index (χ3n) is 5.46. The minimum atomic E-state index is -1.05. The summed E-state index contributed by atoms with van der Waals surface area (Å²) in [6, 6.07) is 12.1. The summed E-state index contributed by atoms with van der Waals surface area (Å²) in [5, 5.41) is 14.4. The van der Waals surface area contributed by atoms with Crippen molar-refractivity contribution >= 4 is 35.2 Å². The van der Waals surface area contributed by atoms with Gasteiger partial charge in [0.1, 0.15) is 0 Å². The molecule has 11 nitrogen and oxygen atoms in total. The summed E-state index contributed by atoms with van der Waals surface area (Å²) in [4.78, 5) is 47.3. The van der Waals surface area contributed by atoms with Crippen LogP contribution in [-0.2, 0) is 4.74 Å². The van der Waals surface area contributed by atoms with Crippen LogP contribution < -0.4 is 20.3 Å². The molecule has 0 unspecified atom stereocenters. The summed E-state index contributed by atoms with van der Waals surface area (Å²) in [5.74, 6) is -0.548. The molecule has 3 aromatic rings. The van der Waals surface area contributed by atoms with E-state index in [0.29, 0.717) is 48.3 Å². The third-order valence-corrected chi connectivity index (χ3v) is 5.46. The Morgan fingerprint density at radius 1 is 0.842 bits per heavy atom. The van der Waals surface area contributed by atoms with Crippen molar-refractivity contribution < 1.29 is 29.0 Å². The molecule has 11 heteroatoms. The maximum absolute atomic E-state index is 12.8. The highest BCUT2D eigenvalue weighted by molar-refractivity contribution is 6.00. The molecule has 2 aromatic carbocycles. The maximum Gasteiger partial charge on any atom is 0.361 e. The molecule has 0 radical (unpaired) electrons. The Hall–Kier alpha value is -4.67. The Kier molecular flexibility index (Phi) is 9.58. The molecule has 1 aromatic heterocycles. The Morgan fingerprint density at radius 3 is 1.92 bits per heavy atom. The van der Waals surface area contributed by atoms with Gasteiger partial charge >= 0.3 is 18.0 Å². The number of benzene rings is 2. The van der Waals surface area contributed by atoms with Crippen molar-refractivity contribution in [2.45, 2.75) is 27.7 Å². The number of nitrogens with one attached hydrogen (secondary N) is 2. The number of nitrogens with zero attached hydrogens (tertiary/aromatic N) is 3. The van der Waals surface area contributed by atoms with Crippen molar-refractivity contribution in [3.05, 3.63) is 59.8 Å². The number of aromatic nitrogens is 2. The highest BCUT2D eigenvalue weighted by Crippen LogP contribution is 2.33. The summed E-state index contributed by atoms with van der Waals surface area (Å²) in [7, 11) is 0. The molecule has 0 aliphatic rings. The van der Waals surface area contributed by atoms with E-state index in [1.807, 2.05) is 25.7 Å². The number of hydrogen-bond acceptors (Lipinski definition) is 8. The number of aromatic carboxylic acids is 1. The number of amides is 2. The van der Waals surface area contributed by atoms with Crippen molar-refractivity contribution in [1.29, 1.82) is 0 Å². The molecular weight excluding hydrogens is 490 g/mol. The summed E-state index contributed by atoms with van der Waals surface area (Å²) >= 11 is 0. The minimum Gasteiger partial charge on any atom is -0.488 e. The molecule has 0 bridgehead atoms. The monoisotopic (exact) mass is 521 g/mol. The van der Waals surface area contributed by atoms with E-state index in [1.54, 1.807) is 31.2 Å². The molecule has 0 fully saturated rings. The lowest BCUT2D eigenvalue weighted by molar-refractivity contribution is 0.0514. The fourth-order valence-corrected chi connectivity index (χ4v) is 3.61. The molecule has 0 saturated heterocycles. The molecule has 3 N–H and O–H groups in total. The first kappa shape index (κ1) is 27.9. The van der Waals surface area contributed by atoms with Gasteiger partial charge in [-0.25, -0.2) is 24.4 Å². The third kappa shape index (κ3) is 6.75. The molecule has 3 rings (SSSR count). The molecule has 0 saturated carbocycles. The van der Waals surface area contributed by atoms with Crippen LogP contribution in [-0.4, -0.2) is 59.3 Å². The lowest BCUT2D eigenvalue weighted by Gasteiger charge is -2.24. The number of rotatable bonds is 11. The number of hydrogen-bond donors (Lipinski definition) is 3. The molecule has 0 aliphatic carbocycles. The molecule has 1 heterocycles. The lowest BCUT2D eigenvalue weighted by Crippen LogP contribution is -2.26. The Morgan fingerprint density at radius 2 is 1.42 bits per heavy atom. The second-order valence-corrected chi connectivity index (χ2v) is 7.91. The minimum absolute atomic E-state index is 0.0519. The van der Waals surface area contributed by atoms with Crippen LogP contribution in [0.15, 0.2) is 48.5 Å². The van der Waals surface area contributed by atoms with Gasteiger partial charge in [0.15, 0.2) is 23.1 Å². The van der Waals surface area contributed by atoms with Crippen molar-refractivity contribution in [1.82, 2.24) is 9.97 Å². The smallest absolute Gasteiger partial charge is 0.361 e. The highest BCUT2D eigenvalue weighted by atomic mass is 16.5. The average molecular weight is 522 g/mol. The zero-order valence-corrected chi connectivity index (χ0v) is 21.8. The van der Waals surface area contributed by atoms with Crippen LogP contribution in [0.3, 0.4) is 0 Å². The number of carboxylic acids is 1. The predicted molar refractivity (Wildman–Crippen MR) is 144 cm³/mol. The van der Waals surface area contributed by atoms with E-state index >= 15 is 0 Å². The van der Waals surface area contributed by atoms with E-state index in [1.165, 1.54) is 24.3 Å². The predicted octanol–water partition coefficient (Wildman–Crippen LogP) is 4.91. The van der Waals surface area contributed by atoms with Crippen LogP contribution in [0, 0.1) is 0 Å². The molecule has 2 amide bonds. The fourth-order valence-electron chi connectivity index (χ4n) is 3.61. The first-order valence-corrected chi connectivity index (χ1v) is 12.3. The Balaban J connectivity index is 1.86. The number of carbonyl (C=O) groups excluding carboxylic acids is 2. The van der Waals surface area contributed by atoms with Gasteiger partial charge < -0.3 is 30.1 Å². The second-order valence-electron chi connectivity index (χ2n) is 7.91. The fraction of sp³-hybridized carbons (Fsp3) is 0.296.